The number of esters is 1. The van der Waals surface area contributed by atoms with Crippen LogP contribution in [0.25, 0.3) is 0 Å². The average molecular weight is 539 g/mol. The van der Waals surface area contributed by atoms with Gasteiger partial charge in [0.2, 0.25) is 5.91 Å². The molecule has 2 bridgehead atoms. The van der Waals surface area contributed by atoms with Gasteiger partial charge in [-0.05, 0) is 69.6 Å². The number of aryl methyl sites for hydroxylation is 2. The second-order valence-corrected chi connectivity index (χ2v) is 11.4. The van der Waals surface area contributed by atoms with Crippen LogP contribution in [-0.2, 0) is 23.9 Å². The molecular formula is C31H42N2O6. The maximum Gasteiger partial charge on any atom is 0.312 e. The number of carbonyl (C=O) groups excluding carboxylic acids is 3. The molecule has 0 radical (unpaired) electrons. The molecule has 8 heteroatoms. The summed E-state index contributed by atoms with van der Waals surface area (Å²) in [5.41, 5.74) is 0.583. The molecule has 2 amide bonds. The van der Waals surface area contributed by atoms with Crippen molar-refractivity contribution in [1.29, 1.82) is 0 Å². The fraction of sp³-hybridized carbons (Fsp3) is 0.581. The third kappa shape index (κ3) is 4.72. The second-order valence-electron chi connectivity index (χ2n) is 11.4. The molecule has 3 unspecified atom stereocenters. The van der Waals surface area contributed by atoms with Crippen LogP contribution < -0.4 is 4.90 Å². The Morgan fingerprint density at radius 3 is 2.67 bits per heavy atom. The fourth-order valence-electron chi connectivity index (χ4n) is 6.94. The molecule has 0 aromatic heterocycles. The number of hydrogen-bond donors (Lipinski definition) is 1. The van der Waals surface area contributed by atoms with Gasteiger partial charge in [0.1, 0.15) is 17.6 Å². The molecule has 0 saturated carbocycles. The highest BCUT2D eigenvalue weighted by Gasteiger charge is 2.80. The molecule has 1 spiro atoms. The molecule has 3 fully saturated rings. The van der Waals surface area contributed by atoms with Gasteiger partial charge < -0.3 is 24.4 Å². The van der Waals surface area contributed by atoms with E-state index >= 15 is 0 Å². The third-order valence-electron chi connectivity index (χ3n) is 8.89. The lowest BCUT2D eigenvalue weighted by molar-refractivity contribution is -0.161. The maximum atomic E-state index is 14.6. The minimum absolute atomic E-state index is 0.0751. The molecule has 39 heavy (non-hydrogen) atoms. The van der Waals surface area contributed by atoms with E-state index in [0.717, 1.165) is 23.2 Å². The number of rotatable bonds is 12. The second kappa shape index (κ2) is 11.3. The van der Waals surface area contributed by atoms with Gasteiger partial charge in [-0.15, -0.1) is 13.2 Å². The predicted octanol–water partition coefficient (Wildman–Crippen LogP) is 3.72. The lowest BCUT2D eigenvalue weighted by atomic mass is 9.62. The maximum absolute atomic E-state index is 14.6. The number of allylic oxidation sites excluding steroid dienone is 1. The summed E-state index contributed by atoms with van der Waals surface area (Å²) in [6.07, 6.45) is 5.59. The number of nitrogens with zero attached hydrogens (tertiary/aromatic N) is 2. The first kappa shape index (κ1) is 29.0. The Balaban J connectivity index is 1.78. The highest BCUT2D eigenvalue weighted by molar-refractivity contribution is 6.05. The monoisotopic (exact) mass is 538 g/mol. The molecular weight excluding hydrogens is 496 g/mol. The molecule has 6 atom stereocenters. The van der Waals surface area contributed by atoms with E-state index in [1.807, 2.05) is 45.9 Å². The number of aliphatic hydroxyl groups excluding tert-OH is 1. The molecule has 1 N–H and O–H groups in total. The van der Waals surface area contributed by atoms with Gasteiger partial charge in [-0.1, -0.05) is 31.2 Å². The minimum atomic E-state index is -1.17. The van der Waals surface area contributed by atoms with E-state index in [0.29, 0.717) is 19.3 Å². The van der Waals surface area contributed by atoms with E-state index in [2.05, 4.69) is 13.2 Å². The van der Waals surface area contributed by atoms with Crippen LogP contribution in [0.5, 0.6) is 0 Å². The number of ether oxygens (including phenoxy) is 2. The first-order chi connectivity index (χ1) is 18.6. The summed E-state index contributed by atoms with van der Waals surface area (Å²) in [4.78, 5) is 45.4. The number of anilines is 1. The van der Waals surface area contributed by atoms with Crippen molar-refractivity contribution < 1.29 is 29.0 Å². The topological polar surface area (TPSA) is 96.4 Å². The van der Waals surface area contributed by atoms with Crippen LogP contribution in [0.15, 0.2) is 43.5 Å². The van der Waals surface area contributed by atoms with E-state index in [-0.39, 0.29) is 44.0 Å². The molecule has 3 aliphatic rings. The number of benzene rings is 1. The number of hydrogen-bond acceptors (Lipinski definition) is 6. The Kier molecular flexibility index (Phi) is 8.38. The molecule has 0 aliphatic carbocycles. The predicted molar refractivity (Wildman–Crippen MR) is 149 cm³/mol. The van der Waals surface area contributed by atoms with Gasteiger partial charge in [0, 0.05) is 25.4 Å². The van der Waals surface area contributed by atoms with Crippen molar-refractivity contribution >= 4 is 23.5 Å². The minimum Gasteiger partial charge on any atom is -0.465 e. The van der Waals surface area contributed by atoms with E-state index in [1.165, 1.54) is 0 Å². The summed E-state index contributed by atoms with van der Waals surface area (Å²) in [5.74, 6) is -2.74. The molecule has 8 nitrogen and oxygen atoms in total. The zero-order valence-electron chi connectivity index (χ0n) is 23.7. The lowest BCUT2D eigenvalue weighted by Gasteiger charge is -2.37. The summed E-state index contributed by atoms with van der Waals surface area (Å²) < 4.78 is 12.4. The molecule has 3 saturated heterocycles. The van der Waals surface area contributed by atoms with Crippen LogP contribution in [0.3, 0.4) is 0 Å². The molecule has 1 aromatic carbocycles. The number of aliphatic hydroxyl groups is 1. The molecule has 212 valence electrons. The first-order valence-electron chi connectivity index (χ1n) is 14.0. The highest BCUT2D eigenvalue weighted by atomic mass is 16.6. The number of amides is 2. The van der Waals surface area contributed by atoms with E-state index in [4.69, 9.17) is 9.47 Å². The Morgan fingerprint density at radius 2 is 2.00 bits per heavy atom. The molecule has 3 heterocycles. The van der Waals surface area contributed by atoms with Crippen LogP contribution in [0.2, 0.25) is 0 Å². The zero-order chi connectivity index (χ0) is 28.5. The SMILES string of the molecule is C=CCCCOC(=O)[C@@H]1[C@H]2C(=O)N(CCCO)C(C(=O)N(CC=C)c3cc(C)ccc3C)C23CC(C)[C@@]1(C)O3. The summed E-state index contributed by atoms with van der Waals surface area (Å²) in [6.45, 7) is 15.9. The fourth-order valence-corrected chi connectivity index (χ4v) is 6.94. The lowest BCUT2D eigenvalue weighted by Crippen LogP contribution is -2.57. The highest BCUT2D eigenvalue weighted by Crippen LogP contribution is 2.65. The molecule has 3 aliphatic heterocycles. The number of unbranched alkanes of at least 4 members (excludes halogenated alkanes) is 1. The van der Waals surface area contributed by atoms with Crippen molar-refractivity contribution in [3.8, 4) is 0 Å². The third-order valence-corrected chi connectivity index (χ3v) is 8.89. The van der Waals surface area contributed by atoms with Crippen molar-refractivity contribution in [1.82, 2.24) is 4.90 Å². The zero-order valence-corrected chi connectivity index (χ0v) is 23.7. The van der Waals surface area contributed by atoms with Crippen LogP contribution in [-0.4, -0.2) is 71.3 Å². The standard InChI is InChI=1S/C31H42N2O6/c1-7-9-10-17-38-29(37)25-24-27(35)33(15-11-16-34)26(31(24)19-22(5)30(25,6)39-31)28(36)32(14-8-2)23-18-20(3)12-13-21(23)4/h7-8,12-13,18,22,24-26,34H,1-2,9-11,14-17,19H2,3-6H3/t22?,24-,25-,26?,30+,31?/m0/s1. The largest absolute Gasteiger partial charge is 0.465 e. The van der Waals surface area contributed by atoms with Crippen LogP contribution in [0, 0.1) is 31.6 Å². The number of fused-ring (bicyclic) bond motifs is 1. The Bertz CT molecular complexity index is 1150. The van der Waals surface area contributed by atoms with E-state index in [9.17, 15) is 19.5 Å². The average Bonchev–Trinajstić information content (AvgIpc) is 3.41. The van der Waals surface area contributed by atoms with Crippen LogP contribution >= 0.6 is 0 Å². The van der Waals surface area contributed by atoms with Gasteiger partial charge in [0.25, 0.3) is 5.91 Å². The van der Waals surface area contributed by atoms with Crippen LogP contribution in [0.4, 0.5) is 5.69 Å². The van der Waals surface area contributed by atoms with Crippen molar-refractivity contribution in [3.05, 3.63) is 54.6 Å². The van der Waals surface area contributed by atoms with Crippen molar-refractivity contribution in [3.63, 3.8) is 0 Å². The van der Waals surface area contributed by atoms with Crippen molar-refractivity contribution in [2.45, 2.75) is 70.6 Å². The van der Waals surface area contributed by atoms with Crippen molar-refractivity contribution in [2.75, 3.05) is 31.2 Å². The van der Waals surface area contributed by atoms with Crippen molar-refractivity contribution in [2.24, 2.45) is 17.8 Å². The van der Waals surface area contributed by atoms with Gasteiger partial charge in [0.15, 0.2) is 0 Å². The normalized spacial score (nSPS) is 30.8. The van der Waals surface area contributed by atoms with Gasteiger partial charge >= 0.3 is 5.97 Å². The Morgan fingerprint density at radius 1 is 1.26 bits per heavy atom. The molecule has 4 rings (SSSR count). The van der Waals surface area contributed by atoms with E-state index < -0.39 is 35.0 Å². The molecule has 1 aromatic rings. The van der Waals surface area contributed by atoms with Gasteiger partial charge in [-0.2, -0.15) is 0 Å². The number of carbonyl (C=O) groups is 3. The van der Waals surface area contributed by atoms with Crippen LogP contribution in [0.1, 0.15) is 50.7 Å². The Labute approximate surface area is 231 Å². The first-order valence-corrected chi connectivity index (χ1v) is 14.0. The summed E-state index contributed by atoms with van der Waals surface area (Å²) in [7, 11) is 0. The quantitative estimate of drug-likeness (QED) is 0.248. The summed E-state index contributed by atoms with van der Waals surface area (Å²) >= 11 is 0. The number of likely N-dealkylation sites (tertiary alicyclic amines) is 1. The van der Waals surface area contributed by atoms with Gasteiger partial charge in [0.05, 0.1) is 18.1 Å². The van der Waals surface area contributed by atoms with E-state index in [1.54, 1.807) is 22.0 Å². The smallest absolute Gasteiger partial charge is 0.312 e. The van der Waals surface area contributed by atoms with Gasteiger partial charge in [-0.25, -0.2) is 0 Å². The summed E-state index contributed by atoms with van der Waals surface area (Å²) in [6, 6.07) is 4.98. The Hall–Kier alpha value is -2.97. The summed E-state index contributed by atoms with van der Waals surface area (Å²) in [5, 5.41) is 9.61. The van der Waals surface area contributed by atoms with Gasteiger partial charge in [-0.3, -0.25) is 14.4 Å².